The first-order valence-electron chi connectivity index (χ1n) is 6.95. The number of ether oxygens (including phenoxy) is 1. The van der Waals surface area contributed by atoms with Crippen LogP contribution in [0.5, 0.6) is 5.75 Å². The average Bonchev–Trinajstić information content (AvgIpc) is 2.92. The third kappa shape index (κ3) is 2.88. The standard InChI is InChI=1S/C16H20N2O/c17-7-5-12-1-2-14-10-15(4-3-13(14)9-12)19-16-6-8-18-11-16/h1-4,9-10,16,18H,5-8,11,17H2. The predicted octanol–water partition coefficient (Wildman–Crippen LogP) is 2.08. The van der Waals surface area contributed by atoms with Gasteiger partial charge < -0.3 is 15.8 Å². The van der Waals surface area contributed by atoms with Crippen LogP contribution in [0.4, 0.5) is 0 Å². The van der Waals surface area contributed by atoms with Gasteiger partial charge in [-0.15, -0.1) is 0 Å². The molecule has 19 heavy (non-hydrogen) atoms. The van der Waals surface area contributed by atoms with Crippen LogP contribution in [0.15, 0.2) is 36.4 Å². The molecule has 0 radical (unpaired) electrons. The molecule has 1 aliphatic rings. The Morgan fingerprint density at radius 1 is 1.16 bits per heavy atom. The number of hydrogen-bond acceptors (Lipinski definition) is 3. The Bertz CT molecular complexity index is 562. The molecule has 2 aromatic carbocycles. The van der Waals surface area contributed by atoms with Gasteiger partial charge in [-0.3, -0.25) is 0 Å². The summed E-state index contributed by atoms with van der Waals surface area (Å²) in [6.07, 6.45) is 2.34. The Morgan fingerprint density at radius 3 is 2.79 bits per heavy atom. The molecule has 1 aliphatic heterocycles. The lowest BCUT2D eigenvalue weighted by molar-refractivity contribution is 0.223. The third-order valence-corrected chi connectivity index (χ3v) is 3.63. The van der Waals surface area contributed by atoms with Crippen LogP contribution in [-0.4, -0.2) is 25.7 Å². The maximum Gasteiger partial charge on any atom is 0.120 e. The number of fused-ring (bicyclic) bond motifs is 1. The van der Waals surface area contributed by atoms with Crippen molar-refractivity contribution in [1.82, 2.24) is 5.32 Å². The molecule has 3 nitrogen and oxygen atoms in total. The summed E-state index contributed by atoms with van der Waals surface area (Å²) < 4.78 is 5.98. The van der Waals surface area contributed by atoms with Crippen LogP contribution in [0.3, 0.4) is 0 Å². The minimum atomic E-state index is 0.314. The summed E-state index contributed by atoms with van der Waals surface area (Å²) in [7, 11) is 0. The minimum absolute atomic E-state index is 0.314. The van der Waals surface area contributed by atoms with Gasteiger partial charge >= 0.3 is 0 Å². The second kappa shape index (κ2) is 5.59. The van der Waals surface area contributed by atoms with E-state index < -0.39 is 0 Å². The molecule has 100 valence electrons. The molecule has 2 aromatic rings. The first kappa shape index (κ1) is 12.5. The van der Waals surface area contributed by atoms with Crippen LogP contribution in [0.2, 0.25) is 0 Å². The summed E-state index contributed by atoms with van der Waals surface area (Å²) in [6, 6.07) is 12.8. The van der Waals surface area contributed by atoms with Gasteiger partial charge in [-0.1, -0.05) is 24.3 Å². The number of hydrogen-bond donors (Lipinski definition) is 2. The van der Waals surface area contributed by atoms with Crippen LogP contribution in [0, 0.1) is 0 Å². The molecule has 0 bridgehead atoms. The highest BCUT2D eigenvalue weighted by atomic mass is 16.5. The Kier molecular flexibility index (Phi) is 3.67. The molecule has 0 aromatic heterocycles. The minimum Gasteiger partial charge on any atom is -0.489 e. The van der Waals surface area contributed by atoms with E-state index in [1.54, 1.807) is 0 Å². The fourth-order valence-corrected chi connectivity index (χ4v) is 2.59. The lowest BCUT2D eigenvalue weighted by Crippen LogP contribution is -2.19. The van der Waals surface area contributed by atoms with E-state index in [1.807, 2.05) is 0 Å². The maximum absolute atomic E-state index is 5.98. The molecular formula is C16H20N2O. The van der Waals surface area contributed by atoms with E-state index in [-0.39, 0.29) is 0 Å². The number of nitrogens with one attached hydrogen (secondary N) is 1. The smallest absolute Gasteiger partial charge is 0.120 e. The Morgan fingerprint density at radius 2 is 2.00 bits per heavy atom. The molecule has 0 aliphatic carbocycles. The zero-order valence-corrected chi connectivity index (χ0v) is 11.1. The summed E-state index contributed by atoms with van der Waals surface area (Å²) in [5.41, 5.74) is 6.89. The van der Waals surface area contributed by atoms with Gasteiger partial charge in [0.15, 0.2) is 0 Å². The SMILES string of the molecule is NCCc1ccc2cc(OC3CCNC3)ccc2c1. The van der Waals surface area contributed by atoms with Gasteiger partial charge in [0.05, 0.1) is 0 Å². The molecule has 3 heteroatoms. The molecule has 1 saturated heterocycles. The van der Waals surface area contributed by atoms with Gasteiger partial charge in [0.2, 0.25) is 0 Å². The zero-order valence-electron chi connectivity index (χ0n) is 11.1. The fraction of sp³-hybridized carbons (Fsp3) is 0.375. The van der Waals surface area contributed by atoms with Crippen molar-refractivity contribution in [3.05, 3.63) is 42.0 Å². The van der Waals surface area contributed by atoms with Gasteiger partial charge in [0.25, 0.3) is 0 Å². The summed E-state index contributed by atoms with van der Waals surface area (Å²) in [5.74, 6) is 0.966. The van der Waals surface area contributed by atoms with Crippen molar-refractivity contribution in [2.45, 2.75) is 18.9 Å². The molecule has 0 saturated carbocycles. The van der Waals surface area contributed by atoms with Crippen LogP contribution >= 0.6 is 0 Å². The number of nitrogens with two attached hydrogens (primary N) is 1. The van der Waals surface area contributed by atoms with Crippen molar-refractivity contribution in [2.24, 2.45) is 5.73 Å². The summed E-state index contributed by atoms with van der Waals surface area (Å²) in [5, 5.41) is 5.79. The Hall–Kier alpha value is -1.58. The zero-order chi connectivity index (χ0) is 13.1. The fourth-order valence-electron chi connectivity index (χ4n) is 2.59. The summed E-state index contributed by atoms with van der Waals surface area (Å²) in [4.78, 5) is 0. The van der Waals surface area contributed by atoms with Crippen LogP contribution in [0.25, 0.3) is 10.8 Å². The first-order chi connectivity index (χ1) is 9.35. The topological polar surface area (TPSA) is 47.3 Å². The van der Waals surface area contributed by atoms with E-state index in [0.717, 1.165) is 31.7 Å². The van der Waals surface area contributed by atoms with E-state index in [0.29, 0.717) is 12.6 Å². The summed E-state index contributed by atoms with van der Waals surface area (Å²) in [6.45, 7) is 2.70. The third-order valence-electron chi connectivity index (χ3n) is 3.63. The van der Waals surface area contributed by atoms with Gasteiger partial charge in [0.1, 0.15) is 11.9 Å². The highest BCUT2D eigenvalue weighted by Crippen LogP contribution is 2.23. The van der Waals surface area contributed by atoms with E-state index in [1.165, 1.54) is 16.3 Å². The van der Waals surface area contributed by atoms with Crippen molar-refractivity contribution in [3.8, 4) is 5.75 Å². The molecule has 1 fully saturated rings. The van der Waals surface area contributed by atoms with Crippen molar-refractivity contribution < 1.29 is 4.74 Å². The molecule has 1 atom stereocenters. The molecule has 3 rings (SSSR count). The van der Waals surface area contributed by atoms with E-state index >= 15 is 0 Å². The molecule has 0 spiro atoms. The second-order valence-corrected chi connectivity index (χ2v) is 5.11. The summed E-state index contributed by atoms with van der Waals surface area (Å²) >= 11 is 0. The molecule has 1 heterocycles. The highest BCUT2D eigenvalue weighted by Gasteiger charge is 2.15. The maximum atomic E-state index is 5.98. The van der Waals surface area contributed by atoms with Crippen molar-refractivity contribution >= 4 is 10.8 Å². The normalized spacial score (nSPS) is 18.9. The monoisotopic (exact) mass is 256 g/mol. The number of rotatable bonds is 4. The van der Waals surface area contributed by atoms with Crippen molar-refractivity contribution in [2.75, 3.05) is 19.6 Å². The lowest BCUT2D eigenvalue weighted by atomic mass is 10.0. The van der Waals surface area contributed by atoms with Gasteiger partial charge in [-0.2, -0.15) is 0 Å². The largest absolute Gasteiger partial charge is 0.489 e. The first-order valence-corrected chi connectivity index (χ1v) is 6.95. The predicted molar refractivity (Wildman–Crippen MR) is 78.6 cm³/mol. The highest BCUT2D eigenvalue weighted by molar-refractivity contribution is 5.84. The van der Waals surface area contributed by atoms with E-state index in [4.69, 9.17) is 10.5 Å². The van der Waals surface area contributed by atoms with Crippen molar-refractivity contribution in [3.63, 3.8) is 0 Å². The van der Waals surface area contributed by atoms with Gasteiger partial charge in [0, 0.05) is 6.54 Å². The van der Waals surface area contributed by atoms with Crippen molar-refractivity contribution in [1.29, 1.82) is 0 Å². The van der Waals surface area contributed by atoms with Crippen LogP contribution in [-0.2, 0) is 6.42 Å². The Labute approximate surface area is 113 Å². The molecule has 1 unspecified atom stereocenters. The lowest BCUT2D eigenvalue weighted by Gasteiger charge is -2.13. The van der Waals surface area contributed by atoms with Gasteiger partial charge in [-0.25, -0.2) is 0 Å². The molecular weight excluding hydrogens is 236 g/mol. The number of benzene rings is 2. The van der Waals surface area contributed by atoms with Gasteiger partial charge in [-0.05, 0) is 54.4 Å². The average molecular weight is 256 g/mol. The quantitative estimate of drug-likeness (QED) is 0.880. The van der Waals surface area contributed by atoms with Crippen LogP contribution < -0.4 is 15.8 Å². The Balaban J connectivity index is 1.82. The molecule has 0 amide bonds. The second-order valence-electron chi connectivity index (χ2n) is 5.11. The molecule has 3 N–H and O–H groups in total. The van der Waals surface area contributed by atoms with E-state index in [9.17, 15) is 0 Å². The van der Waals surface area contributed by atoms with Crippen LogP contribution in [0.1, 0.15) is 12.0 Å². The van der Waals surface area contributed by atoms with E-state index in [2.05, 4.69) is 41.7 Å².